The van der Waals surface area contributed by atoms with Gasteiger partial charge in [-0.15, -0.1) is 0 Å². The van der Waals surface area contributed by atoms with Crippen molar-refractivity contribution in [3.63, 3.8) is 0 Å². The predicted octanol–water partition coefficient (Wildman–Crippen LogP) is 1.09. The highest BCUT2D eigenvalue weighted by Gasteiger charge is 2.37. The number of halogens is 2. The molecule has 2 aromatic rings. The summed E-state index contributed by atoms with van der Waals surface area (Å²) in [7, 11) is 1.31. The zero-order chi connectivity index (χ0) is 18.7. The monoisotopic (exact) mass is 361 g/mol. The molecule has 1 unspecified atom stereocenters. The summed E-state index contributed by atoms with van der Waals surface area (Å²) >= 11 is 0. The van der Waals surface area contributed by atoms with Crippen molar-refractivity contribution in [2.45, 2.75) is 19.0 Å². The Morgan fingerprint density at radius 2 is 1.92 bits per heavy atom. The number of ether oxygens (including phenoxy) is 1. The van der Waals surface area contributed by atoms with Gasteiger partial charge in [0, 0.05) is 18.1 Å². The van der Waals surface area contributed by atoms with E-state index in [1.54, 1.807) is 0 Å². The van der Waals surface area contributed by atoms with Crippen molar-refractivity contribution >= 4 is 17.6 Å². The van der Waals surface area contributed by atoms with Crippen molar-refractivity contribution in [1.29, 1.82) is 0 Å². The lowest BCUT2D eigenvalue weighted by molar-refractivity contribution is -0.924. The Bertz CT molecular complexity index is 841. The zero-order valence-corrected chi connectivity index (χ0v) is 14.2. The first-order chi connectivity index (χ1) is 12.5. The summed E-state index contributed by atoms with van der Waals surface area (Å²) in [6.07, 6.45) is 0.458. The lowest BCUT2D eigenvalue weighted by atomic mass is 9.94. The van der Waals surface area contributed by atoms with Crippen molar-refractivity contribution in [3.8, 4) is 0 Å². The minimum absolute atomic E-state index is 0.0654. The molecular weight excluding hydrogens is 342 g/mol. The number of carbonyl (C=O) groups is 2. The third-order valence-electron chi connectivity index (χ3n) is 4.53. The van der Waals surface area contributed by atoms with E-state index in [0.717, 1.165) is 29.3 Å². The van der Waals surface area contributed by atoms with Crippen LogP contribution in [0.15, 0.2) is 42.5 Å². The van der Waals surface area contributed by atoms with Gasteiger partial charge in [-0.25, -0.2) is 13.6 Å². The maximum absolute atomic E-state index is 13.7. The standard InChI is InChI=1S/C19H18F2N2O3/c1-26-19(25)17-8-12-4-2-3-5-13(12)10-23(17)11-18(24)22-16-9-14(20)6-7-15(16)21/h2-7,9,17H,8,10-11H2,1H3,(H,22,24)/p+1/t17-/m1/s1. The number of benzene rings is 2. The molecule has 5 nitrogen and oxygen atoms in total. The summed E-state index contributed by atoms with van der Waals surface area (Å²) in [6, 6.07) is 10.0. The molecule has 1 aliphatic heterocycles. The second-order valence-electron chi connectivity index (χ2n) is 6.23. The van der Waals surface area contributed by atoms with Gasteiger partial charge in [0.15, 0.2) is 12.6 Å². The van der Waals surface area contributed by atoms with E-state index in [0.29, 0.717) is 17.9 Å². The Labute approximate surface area is 149 Å². The molecular formula is C19H19F2N2O3+. The number of carbonyl (C=O) groups excluding carboxylic acids is 2. The molecule has 0 bridgehead atoms. The molecule has 0 fully saturated rings. The molecule has 136 valence electrons. The van der Waals surface area contributed by atoms with Crippen molar-refractivity contribution in [1.82, 2.24) is 0 Å². The molecule has 0 aliphatic carbocycles. The molecule has 0 saturated heterocycles. The first-order valence-corrected chi connectivity index (χ1v) is 8.22. The Balaban J connectivity index is 1.76. The average Bonchev–Trinajstić information content (AvgIpc) is 2.63. The van der Waals surface area contributed by atoms with Crippen LogP contribution in [-0.4, -0.2) is 31.6 Å². The van der Waals surface area contributed by atoms with Crippen LogP contribution in [0.25, 0.3) is 0 Å². The Kier molecular flexibility index (Phi) is 5.27. The van der Waals surface area contributed by atoms with Crippen molar-refractivity contribution in [3.05, 3.63) is 65.2 Å². The van der Waals surface area contributed by atoms with Gasteiger partial charge in [0.2, 0.25) is 0 Å². The third-order valence-corrected chi connectivity index (χ3v) is 4.53. The Morgan fingerprint density at radius 3 is 2.65 bits per heavy atom. The molecule has 2 atom stereocenters. The molecule has 1 amide bonds. The number of quaternary nitrogens is 1. The number of hydrogen-bond acceptors (Lipinski definition) is 3. The summed E-state index contributed by atoms with van der Waals surface area (Å²) in [5.41, 5.74) is 1.87. The molecule has 26 heavy (non-hydrogen) atoms. The normalized spacial score (nSPS) is 18.7. The third kappa shape index (κ3) is 3.88. The molecule has 1 aliphatic rings. The predicted molar refractivity (Wildman–Crippen MR) is 90.5 cm³/mol. The highest BCUT2D eigenvalue weighted by atomic mass is 19.1. The number of nitrogens with one attached hydrogen (secondary N) is 2. The smallest absolute Gasteiger partial charge is 0.365 e. The quantitative estimate of drug-likeness (QED) is 0.802. The number of rotatable bonds is 4. The van der Waals surface area contributed by atoms with E-state index >= 15 is 0 Å². The first kappa shape index (κ1) is 18.0. The highest BCUT2D eigenvalue weighted by Crippen LogP contribution is 2.16. The van der Waals surface area contributed by atoms with Crippen LogP contribution >= 0.6 is 0 Å². The fourth-order valence-electron chi connectivity index (χ4n) is 3.23. The van der Waals surface area contributed by atoms with Gasteiger partial charge in [-0.05, 0) is 17.7 Å². The first-order valence-electron chi connectivity index (χ1n) is 8.22. The lowest BCUT2D eigenvalue weighted by Gasteiger charge is -2.31. The Morgan fingerprint density at radius 1 is 1.19 bits per heavy atom. The fraction of sp³-hybridized carbons (Fsp3) is 0.263. The molecule has 0 saturated carbocycles. The number of methoxy groups -OCH3 is 1. The number of esters is 1. The SMILES string of the molecule is COC(=O)[C@H]1Cc2ccccc2C[NH+]1CC(=O)Nc1cc(F)ccc1F. The van der Waals surface area contributed by atoms with Gasteiger partial charge in [0.25, 0.3) is 5.91 Å². The molecule has 0 aromatic heterocycles. The van der Waals surface area contributed by atoms with Gasteiger partial charge in [0.1, 0.15) is 18.2 Å². The fourth-order valence-corrected chi connectivity index (χ4v) is 3.23. The van der Waals surface area contributed by atoms with Crippen LogP contribution in [0.3, 0.4) is 0 Å². The van der Waals surface area contributed by atoms with Crippen LogP contribution < -0.4 is 10.2 Å². The van der Waals surface area contributed by atoms with E-state index in [9.17, 15) is 18.4 Å². The summed E-state index contributed by atoms with van der Waals surface area (Å²) < 4.78 is 31.8. The molecule has 7 heteroatoms. The second kappa shape index (κ2) is 7.61. The molecule has 2 aromatic carbocycles. The van der Waals surface area contributed by atoms with Gasteiger partial charge < -0.3 is 15.0 Å². The topological polar surface area (TPSA) is 59.8 Å². The van der Waals surface area contributed by atoms with Crippen molar-refractivity contribution in [2.24, 2.45) is 0 Å². The van der Waals surface area contributed by atoms with E-state index < -0.39 is 29.6 Å². The molecule has 1 heterocycles. The maximum Gasteiger partial charge on any atom is 0.365 e. The summed E-state index contributed by atoms with van der Waals surface area (Å²) in [4.78, 5) is 25.2. The second-order valence-corrected chi connectivity index (χ2v) is 6.23. The van der Waals surface area contributed by atoms with Crippen LogP contribution in [0, 0.1) is 11.6 Å². The Hall–Kier alpha value is -2.80. The summed E-state index contributed by atoms with van der Waals surface area (Å²) in [5.74, 6) is -2.27. The lowest BCUT2D eigenvalue weighted by Crippen LogP contribution is -3.17. The van der Waals surface area contributed by atoms with Crippen LogP contribution in [0.4, 0.5) is 14.5 Å². The van der Waals surface area contributed by atoms with Crippen LogP contribution in [-0.2, 0) is 27.3 Å². The van der Waals surface area contributed by atoms with Crippen LogP contribution in [0.5, 0.6) is 0 Å². The average molecular weight is 361 g/mol. The number of anilines is 1. The van der Waals surface area contributed by atoms with Gasteiger partial charge >= 0.3 is 5.97 Å². The van der Waals surface area contributed by atoms with Gasteiger partial charge in [0.05, 0.1) is 12.8 Å². The van der Waals surface area contributed by atoms with Crippen molar-refractivity contribution < 1.29 is 28.0 Å². The van der Waals surface area contributed by atoms with Gasteiger partial charge in [-0.3, -0.25) is 4.79 Å². The minimum atomic E-state index is -0.719. The van der Waals surface area contributed by atoms with E-state index in [2.05, 4.69) is 5.32 Å². The van der Waals surface area contributed by atoms with Gasteiger partial charge in [-0.2, -0.15) is 0 Å². The van der Waals surface area contributed by atoms with Crippen LogP contribution in [0.1, 0.15) is 11.1 Å². The van der Waals surface area contributed by atoms with E-state index in [4.69, 9.17) is 4.74 Å². The van der Waals surface area contributed by atoms with Crippen LogP contribution in [0.2, 0.25) is 0 Å². The molecule has 0 spiro atoms. The van der Waals surface area contributed by atoms with E-state index in [1.165, 1.54) is 7.11 Å². The largest absolute Gasteiger partial charge is 0.465 e. The summed E-state index contributed by atoms with van der Waals surface area (Å²) in [5, 5.41) is 2.37. The minimum Gasteiger partial charge on any atom is -0.465 e. The summed E-state index contributed by atoms with van der Waals surface area (Å²) in [6.45, 7) is 0.402. The van der Waals surface area contributed by atoms with E-state index in [1.807, 2.05) is 24.3 Å². The van der Waals surface area contributed by atoms with E-state index in [-0.39, 0.29) is 12.2 Å². The molecule has 3 rings (SSSR count). The molecule has 2 N–H and O–H groups in total. The number of hydrogen-bond donors (Lipinski definition) is 2. The van der Waals surface area contributed by atoms with Crippen molar-refractivity contribution in [2.75, 3.05) is 19.0 Å². The molecule has 0 radical (unpaired) electrons. The maximum atomic E-state index is 13.7. The number of fused-ring (bicyclic) bond motifs is 1. The number of amides is 1. The zero-order valence-electron chi connectivity index (χ0n) is 14.2. The van der Waals surface area contributed by atoms with Gasteiger partial charge in [-0.1, -0.05) is 24.3 Å². The highest BCUT2D eigenvalue weighted by molar-refractivity contribution is 5.91.